The number of piperazine rings is 1. The van der Waals surface area contributed by atoms with Crippen molar-refractivity contribution in [1.29, 1.82) is 0 Å². The third-order valence-corrected chi connectivity index (χ3v) is 5.71. The van der Waals surface area contributed by atoms with Crippen molar-refractivity contribution in [3.8, 4) is 0 Å². The molecule has 3 rings (SSSR count). The molecule has 0 bridgehead atoms. The van der Waals surface area contributed by atoms with Gasteiger partial charge in [-0.15, -0.1) is 0 Å². The normalized spacial score (nSPS) is 23.6. The van der Waals surface area contributed by atoms with Crippen molar-refractivity contribution in [3.63, 3.8) is 0 Å². The SMILES string of the molecule is CCC1CCC(NC(=O)N2CCN(C(=O)c3ccccc3F)CC2)CC1. The van der Waals surface area contributed by atoms with Crippen LogP contribution in [-0.2, 0) is 0 Å². The third kappa shape index (κ3) is 4.34. The number of halogens is 1. The fourth-order valence-electron chi connectivity index (χ4n) is 3.90. The van der Waals surface area contributed by atoms with E-state index in [-0.39, 0.29) is 23.5 Å². The van der Waals surface area contributed by atoms with Gasteiger partial charge >= 0.3 is 6.03 Å². The Morgan fingerprint density at radius 3 is 2.27 bits per heavy atom. The molecule has 0 radical (unpaired) electrons. The molecule has 2 aliphatic rings. The van der Waals surface area contributed by atoms with E-state index in [9.17, 15) is 14.0 Å². The average Bonchev–Trinajstić information content (AvgIpc) is 2.68. The lowest BCUT2D eigenvalue weighted by Gasteiger charge is -2.36. The molecule has 0 atom stereocenters. The summed E-state index contributed by atoms with van der Waals surface area (Å²) >= 11 is 0. The number of rotatable bonds is 3. The summed E-state index contributed by atoms with van der Waals surface area (Å²) in [6, 6.07) is 6.26. The summed E-state index contributed by atoms with van der Waals surface area (Å²) in [7, 11) is 0. The first-order valence-electron chi connectivity index (χ1n) is 9.67. The van der Waals surface area contributed by atoms with Crippen molar-refractivity contribution < 1.29 is 14.0 Å². The lowest BCUT2D eigenvalue weighted by atomic mass is 9.84. The van der Waals surface area contributed by atoms with Crippen LogP contribution >= 0.6 is 0 Å². The van der Waals surface area contributed by atoms with Crippen molar-refractivity contribution in [1.82, 2.24) is 15.1 Å². The number of nitrogens with zero attached hydrogens (tertiary/aromatic N) is 2. The Hall–Kier alpha value is -2.11. The molecule has 1 aliphatic heterocycles. The number of hydrogen-bond acceptors (Lipinski definition) is 2. The Kier molecular flexibility index (Phi) is 6.12. The summed E-state index contributed by atoms with van der Waals surface area (Å²) in [4.78, 5) is 28.3. The highest BCUT2D eigenvalue weighted by atomic mass is 19.1. The van der Waals surface area contributed by atoms with E-state index in [0.717, 1.165) is 18.8 Å². The summed E-state index contributed by atoms with van der Waals surface area (Å²) in [5, 5.41) is 3.14. The minimum absolute atomic E-state index is 0.0389. The molecule has 5 nitrogen and oxygen atoms in total. The van der Waals surface area contributed by atoms with Crippen molar-refractivity contribution in [2.24, 2.45) is 5.92 Å². The van der Waals surface area contributed by atoms with E-state index in [4.69, 9.17) is 0 Å². The van der Waals surface area contributed by atoms with Crippen LogP contribution in [0.4, 0.5) is 9.18 Å². The molecule has 26 heavy (non-hydrogen) atoms. The standard InChI is InChI=1S/C20H28FN3O2/c1-2-15-7-9-16(10-8-15)22-20(26)24-13-11-23(12-14-24)19(25)17-5-3-4-6-18(17)21/h3-6,15-16H,2,7-14H2,1H3,(H,22,26). The van der Waals surface area contributed by atoms with Gasteiger partial charge in [-0.2, -0.15) is 0 Å². The number of carbonyl (C=O) groups is 2. The van der Waals surface area contributed by atoms with Crippen LogP contribution in [0.3, 0.4) is 0 Å². The Morgan fingerprint density at radius 2 is 1.65 bits per heavy atom. The first-order chi connectivity index (χ1) is 12.6. The van der Waals surface area contributed by atoms with Gasteiger partial charge < -0.3 is 15.1 Å². The second-order valence-electron chi connectivity index (χ2n) is 7.33. The van der Waals surface area contributed by atoms with Crippen LogP contribution in [0.25, 0.3) is 0 Å². The summed E-state index contributed by atoms with van der Waals surface area (Å²) < 4.78 is 13.8. The molecular formula is C20H28FN3O2. The first kappa shape index (κ1) is 18.7. The maximum absolute atomic E-state index is 13.8. The number of hydrogen-bond donors (Lipinski definition) is 1. The Balaban J connectivity index is 1.47. The van der Waals surface area contributed by atoms with E-state index in [1.807, 2.05) is 0 Å². The molecule has 1 saturated carbocycles. The maximum Gasteiger partial charge on any atom is 0.317 e. The quantitative estimate of drug-likeness (QED) is 0.898. The van der Waals surface area contributed by atoms with Gasteiger partial charge in [0.25, 0.3) is 5.91 Å². The lowest BCUT2D eigenvalue weighted by Crippen LogP contribution is -2.54. The molecule has 1 N–H and O–H groups in total. The van der Waals surface area contributed by atoms with E-state index in [1.54, 1.807) is 21.9 Å². The van der Waals surface area contributed by atoms with Crippen LogP contribution in [0.5, 0.6) is 0 Å². The van der Waals surface area contributed by atoms with E-state index < -0.39 is 5.82 Å². The minimum Gasteiger partial charge on any atom is -0.335 e. The van der Waals surface area contributed by atoms with Crippen molar-refractivity contribution in [3.05, 3.63) is 35.6 Å². The number of urea groups is 1. The van der Waals surface area contributed by atoms with Gasteiger partial charge in [-0.05, 0) is 43.7 Å². The van der Waals surface area contributed by atoms with Crippen LogP contribution in [0, 0.1) is 11.7 Å². The fourth-order valence-corrected chi connectivity index (χ4v) is 3.90. The molecule has 142 valence electrons. The van der Waals surface area contributed by atoms with Gasteiger partial charge in [-0.25, -0.2) is 9.18 Å². The van der Waals surface area contributed by atoms with Crippen LogP contribution in [0.2, 0.25) is 0 Å². The lowest BCUT2D eigenvalue weighted by molar-refractivity contribution is 0.0657. The van der Waals surface area contributed by atoms with Gasteiger partial charge in [-0.3, -0.25) is 4.79 Å². The predicted molar refractivity (Wildman–Crippen MR) is 98.4 cm³/mol. The van der Waals surface area contributed by atoms with Gasteiger partial charge in [-0.1, -0.05) is 25.5 Å². The first-order valence-corrected chi connectivity index (χ1v) is 9.67. The zero-order valence-electron chi connectivity index (χ0n) is 15.4. The van der Waals surface area contributed by atoms with Gasteiger partial charge in [0.05, 0.1) is 5.56 Å². The van der Waals surface area contributed by atoms with Crippen molar-refractivity contribution >= 4 is 11.9 Å². The summed E-state index contributed by atoms with van der Waals surface area (Å²) in [6.45, 7) is 4.06. The summed E-state index contributed by atoms with van der Waals surface area (Å²) in [5.41, 5.74) is 0.0954. The highest BCUT2D eigenvalue weighted by molar-refractivity contribution is 5.94. The van der Waals surface area contributed by atoms with E-state index in [0.29, 0.717) is 26.2 Å². The van der Waals surface area contributed by atoms with Gasteiger partial charge in [0.1, 0.15) is 5.82 Å². The Bertz CT molecular complexity index is 636. The summed E-state index contributed by atoms with van der Waals surface area (Å²) in [5.74, 6) is -0.00232. The highest BCUT2D eigenvalue weighted by Gasteiger charge is 2.28. The van der Waals surface area contributed by atoms with E-state index in [1.165, 1.54) is 31.4 Å². The van der Waals surface area contributed by atoms with Crippen molar-refractivity contribution in [2.75, 3.05) is 26.2 Å². The van der Waals surface area contributed by atoms with Gasteiger partial charge in [0.15, 0.2) is 0 Å². The Labute approximate surface area is 154 Å². The molecule has 3 amide bonds. The van der Waals surface area contributed by atoms with Crippen LogP contribution in [-0.4, -0.2) is 54.0 Å². The smallest absolute Gasteiger partial charge is 0.317 e. The molecular weight excluding hydrogens is 333 g/mol. The van der Waals surface area contributed by atoms with Crippen LogP contribution in [0.15, 0.2) is 24.3 Å². The second kappa shape index (κ2) is 8.52. The number of amides is 3. The molecule has 1 aromatic carbocycles. The minimum atomic E-state index is -0.500. The van der Waals surface area contributed by atoms with E-state index in [2.05, 4.69) is 12.2 Å². The molecule has 1 aliphatic carbocycles. The van der Waals surface area contributed by atoms with E-state index >= 15 is 0 Å². The zero-order chi connectivity index (χ0) is 18.5. The number of carbonyl (C=O) groups excluding carboxylic acids is 2. The Morgan fingerprint density at radius 1 is 1.04 bits per heavy atom. The van der Waals surface area contributed by atoms with Crippen molar-refractivity contribution in [2.45, 2.75) is 45.1 Å². The maximum atomic E-state index is 13.8. The fraction of sp³-hybridized carbons (Fsp3) is 0.600. The summed E-state index contributed by atoms with van der Waals surface area (Å²) in [6.07, 6.45) is 5.70. The van der Waals surface area contributed by atoms with Crippen LogP contribution < -0.4 is 5.32 Å². The third-order valence-electron chi connectivity index (χ3n) is 5.71. The van der Waals surface area contributed by atoms with Gasteiger partial charge in [0.2, 0.25) is 0 Å². The molecule has 0 unspecified atom stereocenters. The zero-order valence-corrected chi connectivity index (χ0v) is 15.4. The number of benzene rings is 1. The highest BCUT2D eigenvalue weighted by Crippen LogP contribution is 2.26. The molecule has 1 heterocycles. The molecule has 1 aromatic rings. The predicted octanol–water partition coefficient (Wildman–Crippen LogP) is 3.26. The molecule has 0 aromatic heterocycles. The average molecular weight is 361 g/mol. The monoisotopic (exact) mass is 361 g/mol. The van der Waals surface area contributed by atoms with Crippen LogP contribution in [0.1, 0.15) is 49.4 Å². The molecule has 2 fully saturated rings. The second-order valence-corrected chi connectivity index (χ2v) is 7.33. The molecule has 1 saturated heterocycles. The number of nitrogens with one attached hydrogen (secondary N) is 1. The molecule has 6 heteroatoms. The largest absolute Gasteiger partial charge is 0.335 e. The topological polar surface area (TPSA) is 52.7 Å². The molecule has 0 spiro atoms. The van der Waals surface area contributed by atoms with Gasteiger partial charge in [0, 0.05) is 32.2 Å².